The number of ketones is 2. The predicted octanol–water partition coefficient (Wildman–Crippen LogP) is 4.48. The molecule has 1 aromatic carbocycles. The highest BCUT2D eigenvalue weighted by molar-refractivity contribution is 9.10. The van der Waals surface area contributed by atoms with Gasteiger partial charge in [0.15, 0.2) is 23.1 Å². The zero-order valence-corrected chi connectivity index (χ0v) is 16.6. The number of allylic oxidation sites excluding steroid dienone is 5. The number of benzene rings is 1. The van der Waals surface area contributed by atoms with E-state index >= 15 is 0 Å². The number of fused-ring (bicyclic) bond motifs is 1. The van der Waals surface area contributed by atoms with Gasteiger partial charge in [-0.25, -0.2) is 0 Å². The summed E-state index contributed by atoms with van der Waals surface area (Å²) in [6.07, 6.45) is 5.56. The topological polar surface area (TPSA) is 63.6 Å². The minimum absolute atomic E-state index is 0.0158. The third-order valence-electron chi connectivity index (χ3n) is 5.67. The average Bonchev–Trinajstić information content (AvgIpc) is 2.61. The van der Waals surface area contributed by atoms with E-state index < -0.39 is 17.3 Å². The molecule has 3 unspecified atom stereocenters. The fraction of sp³-hybridized carbons (Fsp3) is 0.333. The van der Waals surface area contributed by atoms with E-state index in [0.717, 1.165) is 10.0 Å². The highest BCUT2D eigenvalue weighted by Crippen LogP contribution is 2.57. The molecule has 0 bridgehead atoms. The van der Waals surface area contributed by atoms with Gasteiger partial charge in [0.2, 0.25) is 0 Å². The monoisotopic (exact) mass is 416 g/mol. The van der Waals surface area contributed by atoms with Crippen LogP contribution in [0.3, 0.4) is 0 Å². The fourth-order valence-corrected chi connectivity index (χ4v) is 4.68. The van der Waals surface area contributed by atoms with Gasteiger partial charge in [0.25, 0.3) is 0 Å². The van der Waals surface area contributed by atoms with Crippen LogP contribution in [-0.2, 0) is 9.59 Å². The Morgan fingerprint density at radius 1 is 1.38 bits per heavy atom. The zero-order valence-electron chi connectivity index (χ0n) is 15.0. The summed E-state index contributed by atoms with van der Waals surface area (Å²) in [6, 6.07) is 3.44. The number of ether oxygens (including phenoxy) is 1. The van der Waals surface area contributed by atoms with E-state index in [0.29, 0.717) is 23.3 Å². The molecule has 0 aliphatic heterocycles. The van der Waals surface area contributed by atoms with Crippen LogP contribution in [0.15, 0.2) is 52.6 Å². The summed E-state index contributed by atoms with van der Waals surface area (Å²) in [5, 5.41) is 10.8. The Kier molecular flexibility index (Phi) is 4.69. The highest BCUT2D eigenvalue weighted by Gasteiger charge is 2.55. The van der Waals surface area contributed by atoms with E-state index in [1.807, 2.05) is 13.0 Å². The smallest absolute Gasteiger partial charge is 0.163 e. The van der Waals surface area contributed by atoms with Crippen molar-refractivity contribution in [2.24, 2.45) is 11.3 Å². The molecule has 0 aromatic heterocycles. The molecule has 0 amide bonds. The van der Waals surface area contributed by atoms with Crippen LogP contribution in [-0.4, -0.2) is 23.8 Å². The van der Waals surface area contributed by atoms with Gasteiger partial charge < -0.3 is 9.84 Å². The third-order valence-corrected chi connectivity index (χ3v) is 6.12. The largest absolute Gasteiger partial charge is 0.504 e. The second-order valence-electron chi connectivity index (χ2n) is 7.01. The number of hydrogen-bond acceptors (Lipinski definition) is 4. The summed E-state index contributed by atoms with van der Waals surface area (Å²) in [5.74, 6) is -0.788. The molecule has 1 aromatic rings. The van der Waals surface area contributed by atoms with Crippen molar-refractivity contribution >= 4 is 27.5 Å². The summed E-state index contributed by atoms with van der Waals surface area (Å²) >= 11 is 3.44. The van der Waals surface area contributed by atoms with Crippen molar-refractivity contribution in [2.75, 3.05) is 7.11 Å². The van der Waals surface area contributed by atoms with E-state index in [4.69, 9.17) is 4.74 Å². The van der Waals surface area contributed by atoms with Crippen LogP contribution in [0.25, 0.3) is 0 Å². The number of carbonyl (C=O) groups excluding carboxylic acids is 2. The first-order chi connectivity index (χ1) is 12.2. The van der Waals surface area contributed by atoms with Crippen molar-refractivity contribution in [3.05, 3.63) is 58.1 Å². The summed E-state index contributed by atoms with van der Waals surface area (Å²) in [6.45, 7) is 7.37. The molecule has 26 heavy (non-hydrogen) atoms. The Bertz CT molecular complexity index is 880. The second-order valence-corrected chi connectivity index (χ2v) is 7.93. The van der Waals surface area contributed by atoms with Crippen molar-refractivity contribution in [3.63, 3.8) is 0 Å². The van der Waals surface area contributed by atoms with Gasteiger partial charge >= 0.3 is 0 Å². The predicted molar refractivity (Wildman–Crippen MR) is 103 cm³/mol. The zero-order chi connectivity index (χ0) is 19.2. The van der Waals surface area contributed by atoms with E-state index in [-0.39, 0.29) is 17.3 Å². The van der Waals surface area contributed by atoms with Crippen LogP contribution in [0.5, 0.6) is 11.5 Å². The van der Waals surface area contributed by atoms with Crippen LogP contribution in [0, 0.1) is 11.3 Å². The van der Waals surface area contributed by atoms with Gasteiger partial charge in [-0.05, 0) is 42.7 Å². The second kappa shape index (κ2) is 6.54. The molecular weight excluding hydrogens is 396 g/mol. The van der Waals surface area contributed by atoms with Crippen LogP contribution in [0.2, 0.25) is 0 Å². The van der Waals surface area contributed by atoms with Crippen molar-refractivity contribution in [1.82, 2.24) is 0 Å². The Morgan fingerprint density at radius 2 is 2.08 bits per heavy atom. The van der Waals surface area contributed by atoms with Crippen molar-refractivity contribution in [2.45, 2.75) is 26.2 Å². The number of carbonyl (C=O) groups is 2. The molecule has 1 N–H and O–H groups in total. The molecule has 0 spiro atoms. The van der Waals surface area contributed by atoms with Gasteiger partial charge in [0, 0.05) is 21.9 Å². The minimum atomic E-state index is -0.988. The van der Waals surface area contributed by atoms with Gasteiger partial charge in [-0.1, -0.05) is 41.6 Å². The molecule has 5 heteroatoms. The highest BCUT2D eigenvalue weighted by atomic mass is 79.9. The van der Waals surface area contributed by atoms with Gasteiger partial charge in [-0.3, -0.25) is 9.59 Å². The number of hydrogen-bond donors (Lipinski definition) is 1. The van der Waals surface area contributed by atoms with Gasteiger partial charge in [0.05, 0.1) is 12.5 Å². The molecule has 0 heterocycles. The number of aromatic hydroxyl groups is 1. The molecule has 4 nitrogen and oxygen atoms in total. The molecule has 0 saturated heterocycles. The van der Waals surface area contributed by atoms with Crippen LogP contribution in [0.1, 0.15) is 31.7 Å². The van der Waals surface area contributed by atoms with E-state index in [1.54, 1.807) is 25.1 Å². The first kappa shape index (κ1) is 18.6. The number of Topliss-reactive ketones (excluding diaryl/α,β-unsaturated/α-hetero) is 1. The quantitative estimate of drug-likeness (QED) is 0.788. The Labute approximate surface area is 161 Å². The van der Waals surface area contributed by atoms with Crippen LogP contribution in [0.4, 0.5) is 0 Å². The van der Waals surface area contributed by atoms with Gasteiger partial charge in [-0.15, -0.1) is 0 Å². The third kappa shape index (κ3) is 2.57. The number of phenolic OH excluding ortho intramolecular Hbond substituents is 1. The summed E-state index contributed by atoms with van der Waals surface area (Å²) in [4.78, 5) is 25.9. The summed E-state index contributed by atoms with van der Waals surface area (Å²) in [5.41, 5.74) is 0.873. The first-order valence-electron chi connectivity index (χ1n) is 8.41. The van der Waals surface area contributed by atoms with Gasteiger partial charge in [0.1, 0.15) is 0 Å². The van der Waals surface area contributed by atoms with E-state index in [9.17, 15) is 14.7 Å². The Hall–Kier alpha value is -2.14. The maximum absolute atomic E-state index is 13.1. The molecule has 0 saturated carbocycles. The Morgan fingerprint density at radius 3 is 2.69 bits per heavy atom. The SMILES string of the molecule is C=CC1=CCC2C(=O)C(C)=CC(=O)C2(C)C1c1cc(Br)cc(OC)c1O. The standard InChI is InChI=1S/C21H21BrO4/c1-5-12-6-7-15-19(24)11(2)8-17(23)21(15,3)18(12)14-9-13(22)10-16(26-4)20(14)25/h5-6,8-10,15,18,25H,1,7H2,2-4H3. The number of halogens is 1. The summed E-state index contributed by atoms with van der Waals surface area (Å²) in [7, 11) is 1.47. The maximum Gasteiger partial charge on any atom is 0.163 e. The molecule has 2 aliphatic rings. The van der Waals surface area contributed by atoms with E-state index in [1.165, 1.54) is 13.2 Å². The lowest BCUT2D eigenvalue weighted by Gasteiger charge is -2.47. The van der Waals surface area contributed by atoms with Crippen molar-refractivity contribution in [3.8, 4) is 11.5 Å². The summed E-state index contributed by atoms with van der Waals surface area (Å²) < 4.78 is 5.99. The number of methoxy groups -OCH3 is 1. The van der Waals surface area contributed by atoms with Crippen LogP contribution >= 0.6 is 15.9 Å². The molecule has 3 atom stereocenters. The maximum atomic E-state index is 13.1. The minimum Gasteiger partial charge on any atom is -0.504 e. The van der Waals surface area contributed by atoms with Crippen molar-refractivity contribution < 1.29 is 19.4 Å². The first-order valence-corrected chi connectivity index (χ1v) is 9.20. The number of rotatable bonds is 3. The lowest BCUT2D eigenvalue weighted by molar-refractivity contribution is -0.137. The average molecular weight is 417 g/mol. The lowest BCUT2D eigenvalue weighted by atomic mass is 9.53. The van der Waals surface area contributed by atoms with E-state index in [2.05, 4.69) is 22.5 Å². The van der Waals surface area contributed by atoms with Crippen LogP contribution < -0.4 is 4.74 Å². The molecular formula is C21H21BrO4. The Balaban J connectivity index is 2.30. The molecule has 2 aliphatic carbocycles. The fourth-order valence-electron chi connectivity index (χ4n) is 4.23. The number of phenols is 1. The molecule has 3 rings (SSSR count). The lowest BCUT2D eigenvalue weighted by Crippen LogP contribution is -2.49. The van der Waals surface area contributed by atoms with Gasteiger partial charge in [-0.2, -0.15) is 0 Å². The molecule has 0 fully saturated rings. The molecule has 0 radical (unpaired) electrons. The normalized spacial score (nSPS) is 28.2. The van der Waals surface area contributed by atoms with Crippen molar-refractivity contribution in [1.29, 1.82) is 0 Å². The molecule has 136 valence electrons.